The van der Waals surface area contributed by atoms with E-state index >= 15 is 0 Å². The lowest BCUT2D eigenvalue weighted by molar-refractivity contribution is 0.312. The van der Waals surface area contributed by atoms with E-state index in [1.165, 1.54) is 50.5 Å². The van der Waals surface area contributed by atoms with Crippen molar-refractivity contribution in [3.8, 4) is 22.9 Å². The van der Waals surface area contributed by atoms with Crippen molar-refractivity contribution >= 4 is 0 Å². The zero-order valence-electron chi connectivity index (χ0n) is 18.5. The molecule has 0 spiro atoms. The van der Waals surface area contributed by atoms with E-state index in [1.807, 2.05) is 24.3 Å². The zero-order valence-corrected chi connectivity index (χ0v) is 18.5. The van der Waals surface area contributed by atoms with Crippen LogP contribution < -0.4 is 4.74 Å². The van der Waals surface area contributed by atoms with Crippen LogP contribution in [-0.4, -0.2) is 6.61 Å². The van der Waals surface area contributed by atoms with E-state index in [0.29, 0.717) is 18.1 Å². The van der Waals surface area contributed by atoms with Crippen LogP contribution in [0.25, 0.3) is 11.1 Å². The average molecular weight is 392 g/mol. The number of unbranched alkanes of at least 4 members (excludes halogenated alkanes) is 5. The quantitative estimate of drug-likeness (QED) is 0.322. The van der Waals surface area contributed by atoms with Crippen LogP contribution >= 0.6 is 0 Å². The van der Waals surface area contributed by atoms with Crippen molar-refractivity contribution in [3.63, 3.8) is 0 Å². The molecule has 0 aliphatic heterocycles. The standard InChI is InChI=1S/C27H37NO/c1-4-7-8-9-10-11-15-22(6-3)25-18-14-19-26(27(25)29-20-5-2)24-17-13-12-16-23(24)21-28/h12-14,16-19,22H,4-11,15,20H2,1-3H3. The van der Waals surface area contributed by atoms with Gasteiger partial charge < -0.3 is 4.74 Å². The van der Waals surface area contributed by atoms with Gasteiger partial charge in [0.15, 0.2) is 0 Å². The highest BCUT2D eigenvalue weighted by Crippen LogP contribution is 2.41. The van der Waals surface area contributed by atoms with Crippen molar-refractivity contribution in [2.45, 2.75) is 84.5 Å². The molecule has 1 unspecified atom stereocenters. The maximum atomic E-state index is 9.59. The molecule has 0 aromatic heterocycles. The minimum atomic E-state index is 0.502. The Morgan fingerprint density at radius 1 is 0.828 bits per heavy atom. The first-order valence-corrected chi connectivity index (χ1v) is 11.5. The minimum absolute atomic E-state index is 0.502. The molecule has 0 fully saturated rings. The summed E-state index contributed by atoms with van der Waals surface area (Å²) >= 11 is 0. The number of nitriles is 1. The zero-order chi connectivity index (χ0) is 20.9. The van der Waals surface area contributed by atoms with Gasteiger partial charge in [-0.1, -0.05) is 95.7 Å². The minimum Gasteiger partial charge on any atom is -0.493 e. The Hall–Kier alpha value is -2.27. The molecule has 0 aliphatic carbocycles. The summed E-state index contributed by atoms with van der Waals surface area (Å²) in [5.41, 5.74) is 4.03. The molecule has 2 aromatic rings. The Labute approximate surface area is 177 Å². The maximum absolute atomic E-state index is 9.59. The van der Waals surface area contributed by atoms with Gasteiger partial charge in [0.2, 0.25) is 0 Å². The SMILES string of the molecule is CCCCCCCCC(CC)c1cccc(-c2ccccc2C#N)c1OCCC. The smallest absolute Gasteiger partial charge is 0.130 e. The first-order valence-electron chi connectivity index (χ1n) is 11.5. The number of benzene rings is 2. The maximum Gasteiger partial charge on any atom is 0.130 e. The fraction of sp³-hybridized carbons (Fsp3) is 0.519. The van der Waals surface area contributed by atoms with E-state index in [2.05, 4.69) is 45.0 Å². The molecule has 29 heavy (non-hydrogen) atoms. The van der Waals surface area contributed by atoms with E-state index in [4.69, 9.17) is 4.74 Å². The highest BCUT2D eigenvalue weighted by Gasteiger charge is 2.19. The van der Waals surface area contributed by atoms with Gasteiger partial charge in [-0.25, -0.2) is 0 Å². The molecule has 0 heterocycles. The lowest BCUT2D eigenvalue weighted by atomic mass is 9.87. The molecular formula is C27H37NO. The van der Waals surface area contributed by atoms with Crippen LogP contribution in [0.2, 0.25) is 0 Å². The largest absolute Gasteiger partial charge is 0.493 e. The van der Waals surface area contributed by atoms with Crippen LogP contribution in [0.4, 0.5) is 0 Å². The predicted octanol–water partition coefficient (Wildman–Crippen LogP) is 8.26. The summed E-state index contributed by atoms with van der Waals surface area (Å²) in [5.74, 6) is 1.48. The molecule has 0 saturated heterocycles. The van der Waals surface area contributed by atoms with Crippen molar-refractivity contribution in [1.29, 1.82) is 5.26 Å². The van der Waals surface area contributed by atoms with Gasteiger partial charge in [0.1, 0.15) is 5.75 Å². The number of ether oxygens (including phenoxy) is 1. The second-order valence-electron chi connectivity index (χ2n) is 7.89. The van der Waals surface area contributed by atoms with Gasteiger partial charge in [-0.05, 0) is 36.8 Å². The van der Waals surface area contributed by atoms with Gasteiger partial charge in [-0.3, -0.25) is 0 Å². The van der Waals surface area contributed by atoms with Crippen LogP contribution in [-0.2, 0) is 0 Å². The Bertz CT molecular complexity index is 774. The number of rotatable bonds is 13. The topological polar surface area (TPSA) is 33.0 Å². The molecule has 0 amide bonds. The van der Waals surface area contributed by atoms with Crippen LogP contribution in [0.3, 0.4) is 0 Å². The third-order valence-corrected chi connectivity index (χ3v) is 5.67. The van der Waals surface area contributed by atoms with Crippen molar-refractivity contribution in [2.24, 2.45) is 0 Å². The molecule has 0 bridgehead atoms. The lowest BCUT2D eigenvalue weighted by Crippen LogP contribution is -2.06. The summed E-state index contributed by atoms with van der Waals surface area (Å²) < 4.78 is 6.30. The van der Waals surface area contributed by atoms with E-state index < -0.39 is 0 Å². The highest BCUT2D eigenvalue weighted by molar-refractivity contribution is 5.77. The first-order chi connectivity index (χ1) is 14.3. The van der Waals surface area contributed by atoms with Crippen LogP contribution in [0.15, 0.2) is 42.5 Å². The molecule has 2 aromatic carbocycles. The normalized spacial score (nSPS) is 11.8. The summed E-state index contributed by atoms with van der Waals surface area (Å²) in [6, 6.07) is 16.6. The molecule has 0 N–H and O–H groups in total. The Kier molecular flexibility index (Phi) is 10.4. The fourth-order valence-corrected chi connectivity index (χ4v) is 4.02. The second kappa shape index (κ2) is 13.0. The number of hydrogen-bond donors (Lipinski definition) is 0. The molecule has 1 atom stereocenters. The molecule has 0 aliphatic rings. The summed E-state index contributed by atoms with van der Waals surface area (Å²) in [6.45, 7) is 7.38. The van der Waals surface area contributed by atoms with Gasteiger partial charge in [0.05, 0.1) is 18.2 Å². The third kappa shape index (κ3) is 6.64. The van der Waals surface area contributed by atoms with Crippen molar-refractivity contribution in [3.05, 3.63) is 53.6 Å². The Morgan fingerprint density at radius 2 is 1.55 bits per heavy atom. The lowest BCUT2D eigenvalue weighted by Gasteiger charge is -2.22. The Morgan fingerprint density at radius 3 is 2.28 bits per heavy atom. The summed E-state index contributed by atoms with van der Waals surface area (Å²) in [4.78, 5) is 0. The van der Waals surface area contributed by atoms with Gasteiger partial charge in [0.25, 0.3) is 0 Å². The van der Waals surface area contributed by atoms with Gasteiger partial charge in [-0.15, -0.1) is 0 Å². The molecular weight excluding hydrogens is 354 g/mol. The first kappa shape index (κ1) is 23.0. The van der Waals surface area contributed by atoms with Crippen molar-refractivity contribution in [1.82, 2.24) is 0 Å². The number of hydrogen-bond acceptors (Lipinski definition) is 2. The summed E-state index contributed by atoms with van der Waals surface area (Å²) in [5, 5.41) is 9.59. The van der Waals surface area contributed by atoms with Gasteiger partial charge in [0, 0.05) is 11.1 Å². The van der Waals surface area contributed by atoms with E-state index in [9.17, 15) is 5.26 Å². The van der Waals surface area contributed by atoms with Crippen LogP contribution in [0.5, 0.6) is 5.75 Å². The molecule has 2 nitrogen and oxygen atoms in total. The fourth-order valence-electron chi connectivity index (χ4n) is 4.02. The van der Waals surface area contributed by atoms with Crippen LogP contribution in [0.1, 0.15) is 95.6 Å². The molecule has 156 valence electrons. The molecule has 0 radical (unpaired) electrons. The highest BCUT2D eigenvalue weighted by atomic mass is 16.5. The molecule has 2 heteroatoms. The van der Waals surface area contributed by atoms with Gasteiger partial charge in [-0.2, -0.15) is 5.26 Å². The third-order valence-electron chi connectivity index (χ3n) is 5.67. The van der Waals surface area contributed by atoms with E-state index in [0.717, 1.165) is 29.7 Å². The second-order valence-corrected chi connectivity index (χ2v) is 7.89. The average Bonchev–Trinajstić information content (AvgIpc) is 2.77. The van der Waals surface area contributed by atoms with E-state index in [-0.39, 0.29) is 0 Å². The molecule has 2 rings (SSSR count). The Balaban J connectivity index is 2.29. The number of nitrogens with zero attached hydrogens (tertiary/aromatic N) is 1. The molecule has 0 saturated carbocycles. The summed E-state index contributed by atoms with van der Waals surface area (Å²) in [7, 11) is 0. The van der Waals surface area contributed by atoms with Gasteiger partial charge >= 0.3 is 0 Å². The summed E-state index contributed by atoms with van der Waals surface area (Å²) in [6.07, 6.45) is 11.2. The monoisotopic (exact) mass is 391 g/mol. The van der Waals surface area contributed by atoms with Crippen LogP contribution in [0, 0.1) is 11.3 Å². The van der Waals surface area contributed by atoms with E-state index in [1.54, 1.807) is 0 Å². The number of para-hydroxylation sites is 1. The predicted molar refractivity (Wildman–Crippen MR) is 123 cm³/mol. The van der Waals surface area contributed by atoms with Crippen molar-refractivity contribution in [2.75, 3.05) is 6.61 Å². The van der Waals surface area contributed by atoms with Crippen molar-refractivity contribution < 1.29 is 4.74 Å².